The number of anilines is 1. The molecule has 1 N–H and O–H groups in total. The third-order valence-electron chi connectivity index (χ3n) is 4.91. The van der Waals surface area contributed by atoms with Gasteiger partial charge in [0.2, 0.25) is 0 Å². The third-order valence-corrected chi connectivity index (χ3v) is 4.91. The van der Waals surface area contributed by atoms with E-state index >= 15 is 0 Å². The molecule has 2 aromatic rings. The Hall–Kier alpha value is -3.00. The number of carbonyl (C=O) groups excluding carboxylic acids is 2. The molecule has 8 heteroatoms. The highest BCUT2D eigenvalue weighted by atomic mass is 16.6. The van der Waals surface area contributed by atoms with Crippen LogP contribution >= 0.6 is 0 Å². The van der Waals surface area contributed by atoms with Gasteiger partial charge < -0.3 is 14.8 Å². The normalized spacial score (nSPS) is 18.7. The predicted octanol–water partition coefficient (Wildman–Crippen LogP) is 2.98. The van der Waals surface area contributed by atoms with Crippen molar-refractivity contribution in [3.05, 3.63) is 54.0 Å². The topological polar surface area (TPSA) is 93.7 Å². The van der Waals surface area contributed by atoms with Crippen molar-refractivity contribution in [3.8, 4) is 0 Å². The molecule has 0 saturated carbocycles. The van der Waals surface area contributed by atoms with Crippen LogP contribution in [0.1, 0.15) is 43.2 Å². The van der Waals surface area contributed by atoms with Gasteiger partial charge in [0.25, 0.3) is 0 Å². The highest BCUT2D eigenvalue weighted by Crippen LogP contribution is 2.33. The van der Waals surface area contributed by atoms with E-state index in [-0.39, 0.29) is 5.69 Å². The lowest BCUT2D eigenvalue weighted by Crippen LogP contribution is -2.56. The van der Waals surface area contributed by atoms with E-state index in [1.165, 1.54) is 19.5 Å². The van der Waals surface area contributed by atoms with E-state index in [0.717, 1.165) is 18.5 Å². The number of ether oxygens (including phenoxy) is 2. The molecule has 0 aliphatic carbocycles. The summed E-state index contributed by atoms with van der Waals surface area (Å²) in [5, 5.41) is 3.37. The van der Waals surface area contributed by atoms with Crippen LogP contribution < -0.4 is 10.2 Å². The first-order chi connectivity index (χ1) is 14.2. The lowest BCUT2D eigenvalue weighted by Gasteiger charge is -2.40. The number of hydrogen-bond acceptors (Lipinski definition) is 7. The number of amides is 1. The van der Waals surface area contributed by atoms with Crippen LogP contribution in [0.3, 0.4) is 0 Å². The Kier molecular flexibility index (Phi) is 6.36. The van der Waals surface area contributed by atoms with Crippen LogP contribution in [0.15, 0.2) is 42.7 Å². The largest absolute Gasteiger partial charge is 0.464 e. The quantitative estimate of drug-likeness (QED) is 0.755. The van der Waals surface area contributed by atoms with Gasteiger partial charge >= 0.3 is 12.1 Å². The van der Waals surface area contributed by atoms with Crippen molar-refractivity contribution in [3.63, 3.8) is 0 Å². The van der Waals surface area contributed by atoms with Gasteiger partial charge in [0.05, 0.1) is 25.0 Å². The number of nitrogens with one attached hydrogen (secondary N) is 1. The summed E-state index contributed by atoms with van der Waals surface area (Å²) < 4.78 is 10.4. The summed E-state index contributed by atoms with van der Waals surface area (Å²) in [5.74, 6) is -0.254. The van der Waals surface area contributed by atoms with Gasteiger partial charge in [-0.05, 0) is 45.7 Å². The van der Waals surface area contributed by atoms with E-state index in [1.54, 1.807) is 4.90 Å². The molecule has 1 aromatic heterocycles. The van der Waals surface area contributed by atoms with Gasteiger partial charge in [0, 0.05) is 6.54 Å². The second-order valence-electron chi connectivity index (χ2n) is 8.38. The highest BCUT2D eigenvalue weighted by molar-refractivity contribution is 5.90. The average molecular weight is 412 g/mol. The zero-order valence-electron chi connectivity index (χ0n) is 17.8. The molecule has 30 heavy (non-hydrogen) atoms. The third kappa shape index (κ3) is 4.94. The molecule has 1 atom stereocenters. The van der Waals surface area contributed by atoms with E-state index in [0.29, 0.717) is 18.8 Å². The number of rotatable bonds is 5. The molecule has 1 fully saturated rings. The molecule has 1 amide bonds. The molecular formula is C22H28N4O4. The summed E-state index contributed by atoms with van der Waals surface area (Å²) >= 11 is 0. The standard InChI is InChI=1S/C22H28N4O4/c1-21(2,3)30-20(28)26(18-14-24-17(13-25-18)19(27)29-4)22(10-11-23-15-22)12-16-8-6-5-7-9-16/h5-9,13-14,23H,10-12,15H2,1-4H3/t22-/m0/s1. The van der Waals surface area contributed by atoms with Crippen LogP contribution in [0.2, 0.25) is 0 Å². The number of hydrogen-bond donors (Lipinski definition) is 1. The van der Waals surface area contributed by atoms with E-state index in [2.05, 4.69) is 15.3 Å². The van der Waals surface area contributed by atoms with E-state index < -0.39 is 23.2 Å². The molecular weight excluding hydrogens is 384 g/mol. The second-order valence-corrected chi connectivity index (χ2v) is 8.38. The fraction of sp³-hybridized carbons (Fsp3) is 0.455. The molecule has 2 heterocycles. The molecule has 0 bridgehead atoms. The van der Waals surface area contributed by atoms with Crippen LogP contribution in [0.25, 0.3) is 0 Å². The molecule has 0 unspecified atom stereocenters. The Morgan fingerprint density at radius 1 is 1.17 bits per heavy atom. The minimum atomic E-state index is -0.672. The maximum atomic E-state index is 13.3. The number of esters is 1. The van der Waals surface area contributed by atoms with E-state index in [4.69, 9.17) is 9.47 Å². The van der Waals surface area contributed by atoms with Crippen LogP contribution in [0.4, 0.5) is 10.6 Å². The molecule has 160 valence electrons. The number of methoxy groups -OCH3 is 1. The van der Waals surface area contributed by atoms with Crippen molar-refractivity contribution >= 4 is 17.9 Å². The molecule has 1 aromatic carbocycles. The zero-order valence-corrected chi connectivity index (χ0v) is 17.8. The fourth-order valence-corrected chi connectivity index (χ4v) is 3.61. The fourth-order valence-electron chi connectivity index (χ4n) is 3.61. The van der Waals surface area contributed by atoms with Crippen molar-refractivity contribution in [2.45, 2.75) is 44.8 Å². The monoisotopic (exact) mass is 412 g/mol. The summed E-state index contributed by atoms with van der Waals surface area (Å²) in [6.45, 7) is 6.82. The van der Waals surface area contributed by atoms with Gasteiger partial charge in [0.1, 0.15) is 5.60 Å². The summed E-state index contributed by atoms with van der Waals surface area (Å²) in [6, 6.07) is 10.0. The average Bonchev–Trinajstić information content (AvgIpc) is 3.16. The van der Waals surface area contributed by atoms with Crippen molar-refractivity contribution in [1.82, 2.24) is 15.3 Å². The molecule has 8 nitrogen and oxygen atoms in total. The molecule has 3 rings (SSSR count). The van der Waals surface area contributed by atoms with Crippen molar-refractivity contribution in [2.75, 3.05) is 25.1 Å². The van der Waals surface area contributed by atoms with Crippen molar-refractivity contribution in [1.29, 1.82) is 0 Å². The Morgan fingerprint density at radius 2 is 1.90 bits per heavy atom. The number of aromatic nitrogens is 2. The summed E-state index contributed by atoms with van der Waals surface area (Å²) in [7, 11) is 1.28. The van der Waals surface area contributed by atoms with Gasteiger partial charge in [-0.25, -0.2) is 19.6 Å². The Morgan fingerprint density at radius 3 is 2.43 bits per heavy atom. The van der Waals surface area contributed by atoms with Crippen molar-refractivity contribution in [2.24, 2.45) is 0 Å². The van der Waals surface area contributed by atoms with Gasteiger partial charge in [0.15, 0.2) is 11.5 Å². The number of benzene rings is 1. The van der Waals surface area contributed by atoms with Gasteiger partial charge in [-0.15, -0.1) is 0 Å². The van der Waals surface area contributed by atoms with Crippen LogP contribution in [0, 0.1) is 0 Å². The SMILES string of the molecule is COC(=O)c1cnc(N(C(=O)OC(C)(C)C)[C@]2(Cc3ccccc3)CCNC2)cn1. The molecule has 1 aliphatic heterocycles. The van der Waals surface area contributed by atoms with E-state index in [9.17, 15) is 9.59 Å². The van der Waals surface area contributed by atoms with Crippen LogP contribution in [-0.4, -0.2) is 53.4 Å². The summed E-state index contributed by atoms with van der Waals surface area (Å²) in [5.41, 5.74) is -0.0687. The Balaban J connectivity index is 2.03. The van der Waals surface area contributed by atoms with Gasteiger partial charge in [-0.3, -0.25) is 4.90 Å². The first-order valence-electron chi connectivity index (χ1n) is 9.92. The minimum Gasteiger partial charge on any atom is -0.464 e. The van der Waals surface area contributed by atoms with Crippen LogP contribution in [0.5, 0.6) is 0 Å². The maximum absolute atomic E-state index is 13.3. The first kappa shape index (κ1) is 21.7. The van der Waals surface area contributed by atoms with Gasteiger partial charge in [-0.2, -0.15) is 0 Å². The molecule has 0 spiro atoms. The summed E-state index contributed by atoms with van der Waals surface area (Å²) in [6.07, 6.45) is 3.59. The van der Waals surface area contributed by atoms with Crippen LogP contribution in [-0.2, 0) is 15.9 Å². The predicted molar refractivity (Wildman–Crippen MR) is 112 cm³/mol. The van der Waals surface area contributed by atoms with E-state index in [1.807, 2.05) is 51.1 Å². The molecule has 1 saturated heterocycles. The smallest absolute Gasteiger partial charge is 0.416 e. The second kappa shape index (κ2) is 8.79. The lowest BCUT2D eigenvalue weighted by molar-refractivity contribution is 0.0537. The van der Waals surface area contributed by atoms with Gasteiger partial charge in [-0.1, -0.05) is 30.3 Å². The Labute approximate surface area is 176 Å². The highest BCUT2D eigenvalue weighted by Gasteiger charge is 2.45. The lowest BCUT2D eigenvalue weighted by atomic mass is 9.88. The Bertz CT molecular complexity index is 872. The molecule has 0 radical (unpaired) electrons. The van der Waals surface area contributed by atoms with Crippen molar-refractivity contribution < 1.29 is 19.1 Å². The zero-order chi connectivity index (χ0) is 21.8. The number of carbonyl (C=O) groups is 2. The number of nitrogens with zero attached hydrogens (tertiary/aromatic N) is 3. The minimum absolute atomic E-state index is 0.0760. The first-order valence-corrected chi connectivity index (χ1v) is 9.92. The molecule has 1 aliphatic rings. The summed E-state index contributed by atoms with van der Waals surface area (Å²) in [4.78, 5) is 35.2. The maximum Gasteiger partial charge on any atom is 0.416 e.